The number of aliphatic hydroxyl groups excluding tert-OH is 1. The van der Waals surface area contributed by atoms with E-state index >= 15 is 0 Å². The molecule has 2 aromatic carbocycles. The van der Waals surface area contributed by atoms with Gasteiger partial charge in [0.2, 0.25) is 0 Å². The van der Waals surface area contributed by atoms with Crippen LogP contribution < -0.4 is 4.74 Å². The molecule has 1 unspecified atom stereocenters. The van der Waals surface area contributed by atoms with E-state index in [2.05, 4.69) is 45.2 Å². The first-order valence-electron chi connectivity index (χ1n) is 13.9. The number of nitrogens with zero attached hydrogens (tertiary/aromatic N) is 2. The summed E-state index contributed by atoms with van der Waals surface area (Å²) in [6.45, 7) is 6.71. The molecule has 39 heavy (non-hydrogen) atoms. The lowest BCUT2D eigenvalue weighted by atomic mass is 10.0. The fourth-order valence-corrected chi connectivity index (χ4v) is 5.72. The van der Waals surface area contributed by atoms with Crippen LogP contribution in [0.3, 0.4) is 0 Å². The van der Waals surface area contributed by atoms with Gasteiger partial charge in [0.05, 0.1) is 26.9 Å². The fraction of sp³-hybridized carbons (Fsp3) is 0.452. The first-order chi connectivity index (χ1) is 19.1. The summed E-state index contributed by atoms with van der Waals surface area (Å²) in [7, 11) is 1.38. The number of hydrogen-bond donors (Lipinski definition) is 2. The van der Waals surface area contributed by atoms with Crippen LogP contribution in [0.1, 0.15) is 34.7 Å². The maximum Gasteiger partial charge on any atom is 0.330 e. The molecule has 2 N–H and O–H groups in total. The molecule has 0 amide bonds. The Hall–Kier alpha value is -3.17. The Morgan fingerprint density at radius 2 is 2.08 bits per heavy atom. The van der Waals surface area contributed by atoms with Crippen molar-refractivity contribution < 1.29 is 24.1 Å². The van der Waals surface area contributed by atoms with Crippen LogP contribution in [-0.2, 0) is 27.1 Å². The Bertz CT molecular complexity index is 1280. The van der Waals surface area contributed by atoms with Crippen LogP contribution in [-0.4, -0.2) is 92.1 Å². The highest BCUT2D eigenvalue weighted by molar-refractivity contribution is 5.87. The third-order valence-corrected chi connectivity index (χ3v) is 7.84. The van der Waals surface area contributed by atoms with Gasteiger partial charge in [-0.3, -0.25) is 9.80 Å². The minimum Gasteiger partial charge on any atom is -0.492 e. The number of carbonyl (C=O) groups excluding carboxylic acids is 1. The van der Waals surface area contributed by atoms with E-state index in [1.54, 1.807) is 6.08 Å². The van der Waals surface area contributed by atoms with Crippen LogP contribution >= 0.6 is 0 Å². The van der Waals surface area contributed by atoms with Gasteiger partial charge in [-0.25, -0.2) is 4.79 Å². The molecule has 1 aliphatic heterocycles. The number of methoxy groups -OCH3 is 1. The van der Waals surface area contributed by atoms with Gasteiger partial charge in [0.15, 0.2) is 0 Å². The quantitative estimate of drug-likeness (QED) is 0.272. The molecule has 1 fully saturated rings. The summed E-state index contributed by atoms with van der Waals surface area (Å²) in [5.74, 6) is 0.539. The van der Waals surface area contributed by atoms with E-state index in [1.165, 1.54) is 35.3 Å². The second-order valence-corrected chi connectivity index (χ2v) is 10.2. The monoisotopic (exact) mass is 533 g/mol. The topological polar surface area (TPSA) is 87.3 Å². The Morgan fingerprint density at radius 1 is 1.21 bits per heavy atom. The molecule has 2 heterocycles. The molecular weight excluding hydrogens is 494 g/mol. The maximum atomic E-state index is 11.5. The zero-order valence-corrected chi connectivity index (χ0v) is 22.7. The molecule has 0 radical (unpaired) electrons. The highest BCUT2D eigenvalue weighted by atomic mass is 16.5. The molecule has 2 aliphatic rings. The van der Waals surface area contributed by atoms with Crippen LogP contribution in [0.5, 0.6) is 5.75 Å². The van der Waals surface area contributed by atoms with Crippen LogP contribution in [0.4, 0.5) is 0 Å². The number of aromatic nitrogens is 1. The molecule has 0 saturated carbocycles. The minimum atomic E-state index is -0.355. The van der Waals surface area contributed by atoms with Crippen molar-refractivity contribution in [2.75, 3.05) is 66.3 Å². The zero-order chi connectivity index (χ0) is 27.0. The molecule has 8 nitrogen and oxygen atoms in total. The number of aromatic amines is 1. The average Bonchev–Trinajstić information content (AvgIpc) is 3.58. The third-order valence-electron chi connectivity index (χ3n) is 7.84. The lowest BCUT2D eigenvalue weighted by Gasteiger charge is -2.29. The standard InChI is InChI=1S/C31H39N3O5/c1-37-31(36)9-3-23-2-6-27-24(20-23)4-8-30(27)34(12-16-35)11-10-25-22-32-29-7-5-26(21-28(25)29)39-19-15-33-13-17-38-18-14-33/h2-3,5-7,9,20-22,30,32,35H,4,8,10-19H2,1H3. The third kappa shape index (κ3) is 6.89. The molecule has 208 valence electrons. The first-order valence-corrected chi connectivity index (χ1v) is 13.9. The number of carbonyl (C=O) groups is 1. The number of fused-ring (bicyclic) bond motifs is 2. The van der Waals surface area contributed by atoms with Crippen LogP contribution in [0.15, 0.2) is 48.7 Å². The second kappa shape index (κ2) is 13.3. The van der Waals surface area contributed by atoms with Gasteiger partial charge in [-0.15, -0.1) is 0 Å². The molecule has 1 saturated heterocycles. The van der Waals surface area contributed by atoms with Crippen molar-refractivity contribution in [3.8, 4) is 5.75 Å². The fourth-order valence-electron chi connectivity index (χ4n) is 5.72. The van der Waals surface area contributed by atoms with Crippen molar-refractivity contribution in [3.63, 3.8) is 0 Å². The summed E-state index contributed by atoms with van der Waals surface area (Å²) in [5, 5.41) is 11.0. The van der Waals surface area contributed by atoms with Gasteiger partial charge in [-0.1, -0.05) is 18.2 Å². The van der Waals surface area contributed by atoms with Crippen molar-refractivity contribution >= 4 is 22.9 Å². The number of hydrogen-bond acceptors (Lipinski definition) is 7. The van der Waals surface area contributed by atoms with E-state index in [4.69, 9.17) is 14.2 Å². The second-order valence-electron chi connectivity index (χ2n) is 10.2. The minimum absolute atomic E-state index is 0.126. The predicted molar refractivity (Wildman–Crippen MR) is 152 cm³/mol. The van der Waals surface area contributed by atoms with Crippen LogP contribution in [0.2, 0.25) is 0 Å². The van der Waals surface area contributed by atoms with Gasteiger partial charge in [-0.2, -0.15) is 0 Å². The summed E-state index contributed by atoms with van der Waals surface area (Å²) in [6.07, 6.45) is 8.23. The molecule has 1 aliphatic carbocycles. The number of ether oxygens (including phenoxy) is 3. The number of aryl methyl sites for hydroxylation is 1. The summed E-state index contributed by atoms with van der Waals surface area (Å²) < 4.78 is 16.2. The molecular formula is C31H39N3O5. The van der Waals surface area contributed by atoms with E-state index in [1.807, 2.05) is 12.1 Å². The molecule has 5 rings (SSSR count). The van der Waals surface area contributed by atoms with Crippen molar-refractivity contribution in [1.29, 1.82) is 0 Å². The number of nitrogens with one attached hydrogen (secondary N) is 1. The largest absolute Gasteiger partial charge is 0.492 e. The van der Waals surface area contributed by atoms with E-state index in [0.717, 1.165) is 75.5 Å². The highest BCUT2D eigenvalue weighted by Crippen LogP contribution is 2.36. The smallest absolute Gasteiger partial charge is 0.330 e. The summed E-state index contributed by atoms with van der Waals surface area (Å²) >= 11 is 0. The Labute approximate surface area is 230 Å². The number of benzene rings is 2. The van der Waals surface area contributed by atoms with Gasteiger partial charge < -0.3 is 24.3 Å². The lowest BCUT2D eigenvalue weighted by molar-refractivity contribution is -0.134. The van der Waals surface area contributed by atoms with Crippen molar-refractivity contribution in [2.24, 2.45) is 0 Å². The predicted octanol–water partition coefficient (Wildman–Crippen LogP) is 3.59. The maximum absolute atomic E-state index is 11.5. The highest BCUT2D eigenvalue weighted by Gasteiger charge is 2.27. The van der Waals surface area contributed by atoms with Gasteiger partial charge in [0.1, 0.15) is 12.4 Å². The lowest BCUT2D eigenvalue weighted by Crippen LogP contribution is -2.38. The first kappa shape index (κ1) is 27.4. The van der Waals surface area contributed by atoms with Crippen molar-refractivity contribution in [3.05, 3.63) is 70.9 Å². The van der Waals surface area contributed by atoms with Gasteiger partial charge in [-0.05, 0) is 65.8 Å². The SMILES string of the molecule is COC(=O)C=Cc1ccc2c(c1)CCC2N(CCO)CCc1c[nH]c2ccc(OCCN3CCOCC3)cc12. The Balaban J connectivity index is 1.22. The number of esters is 1. The summed E-state index contributed by atoms with van der Waals surface area (Å²) in [4.78, 5) is 19.6. The summed E-state index contributed by atoms with van der Waals surface area (Å²) in [5.41, 5.74) is 5.98. The van der Waals surface area contributed by atoms with E-state index in [-0.39, 0.29) is 18.6 Å². The van der Waals surface area contributed by atoms with Gasteiger partial charge in [0.25, 0.3) is 0 Å². The number of morpholine rings is 1. The van der Waals surface area contributed by atoms with Crippen molar-refractivity contribution in [2.45, 2.75) is 25.3 Å². The average molecular weight is 534 g/mol. The number of rotatable bonds is 12. The van der Waals surface area contributed by atoms with Crippen LogP contribution in [0.25, 0.3) is 17.0 Å². The molecule has 0 spiro atoms. The Kier molecular flexibility index (Phi) is 9.32. The molecule has 1 aromatic heterocycles. The van der Waals surface area contributed by atoms with Gasteiger partial charge >= 0.3 is 5.97 Å². The van der Waals surface area contributed by atoms with E-state index in [0.29, 0.717) is 13.2 Å². The molecule has 8 heteroatoms. The van der Waals surface area contributed by atoms with Crippen LogP contribution in [0, 0.1) is 0 Å². The van der Waals surface area contributed by atoms with E-state index in [9.17, 15) is 9.90 Å². The van der Waals surface area contributed by atoms with E-state index < -0.39 is 0 Å². The molecule has 1 atom stereocenters. The van der Waals surface area contributed by atoms with Gasteiger partial charge in [0, 0.05) is 61.9 Å². The Morgan fingerprint density at radius 3 is 2.90 bits per heavy atom. The number of H-pyrrole nitrogens is 1. The number of aliphatic hydroxyl groups is 1. The molecule has 3 aromatic rings. The normalized spacial score (nSPS) is 17.8. The zero-order valence-electron chi connectivity index (χ0n) is 22.7. The van der Waals surface area contributed by atoms with Crippen molar-refractivity contribution in [1.82, 2.24) is 14.8 Å². The molecule has 0 bridgehead atoms. The summed E-state index contributed by atoms with van der Waals surface area (Å²) in [6, 6.07) is 12.9.